The van der Waals surface area contributed by atoms with Gasteiger partial charge in [-0.3, -0.25) is 18.6 Å². The molecule has 1 aliphatic rings. The number of phosphoric acid groups is 1. The van der Waals surface area contributed by atoms with E-state index in [4.69, 9.17) is 18.5 Å². The first-order chi connectivity index (χ1) is 15.9. The van der Waals surface area contributed by atoms with Gasteiger partial charge in [0.05, 0.1) is 6.61 Å². The number of aliphatic hydroxyl groups excluding tert-OH is 5. The molecule has 1 aliphatic carbocycles. The average molecular weight is 514 g/mol. The van der Waals surface area contributed by atoms with Crippen LogP contribution in [0.4, 0.5) is 0 Å². The second-order valence-corrected chi connectivity index (χ2v) is 9.26. The predicted octanol–water partition coefficient (Wildman–Crippen LogP) is -0.839. The zero-order valence-corrected chi connectivity index (χ0v) is 19.7. The molecule has 13 nitrogen and oxygen atoms in total. The maximum absolute atomic E-state index is 12.3. The molecule has 0 amide bonds. The van der Waals surface area contributed by atoms with Crippen LogP contribution in [0.2, 0.25) is 0 Å². The van der Waals surface area contributed by atoms with Crippen molar-refractivity contribution in [1.29, 1.82) is 0 Å². The maximum Gasteiger partial charge on any atom is 0.472 e. The quantitative estimate of drug-likeness (QED) is 0.0682. The van der Waals surface area contributed by atoms with Gasteiger partial charge < -0.3 is 53.7 Å². The normalized spacial score (nSPS) is 29.8. The van der Waals surface area contributed by atoms with Crippen molar-refractivity contribution >= 4 is 19.8 Å². The van der Waals surface area contributed by atoms with Gasteiger partial charge in [0.1, 0.15) is 43.2 Å². The van der Waals surface area contributed by atoms with Crippen LogP contribution < -0.4 is 0 Å². The molecule has 0 radical (unpaired) electrons. The monoisotopic (exact) mass is 514 g/mol. The number of rotatable bonds is 15. The fraction of sp³-hybridized carbons (Fsp3) is 0.800. The van der Waals surface area contributed by atoms with Gasteiger partial charge in [0.25, 0.3) is 0 Å². The zero-order valence-electron chi connectivity index (χ0n) is 18.8. The molecule has 1 rings (SSSR count). The van der Waals surface area contributed by atoms with Crippen molar-refractivity contribution in [3.8, 4) is 0 Å². The summed E-state index contributed by atoms with van der Waals surface area (Å²) in [5, 5.41) is 48.8. The Bertz CT molecular complexity index is 659. The Hall–Kier alpha value is -1.15. The molecule has 6 N–H and O–H groups in total. The summed E-state index contributed by atoms with van der Waals surface area (Å²) in [4.78, 5) is 33.6. The minimum Gasteiger partial charge on any atom is -0.462 e. The van der Waals surface area contributed by atoms with E-state index >= 15 is 0 Å². The van der Waals surface area contributed by atoms with Crippen LogP contribution in [0.25, 0.3) is 0 Å². The van der Waals surface area contributed by atoms with Crippen molar-refractivity contribution in [3.05, 3.63) is 13.8 Å². The number of aliphatic hydroxyl groups is 5. The van der Waals surface area contributed by atoms with Gasteiger partial charge in [0.2, 0.25) is 0 Å². The van der Waals surface area contributed by atoms with Crippen molar-refractivity contribution in [1.82, 2.24) is 0 Å². The minimum atomic E-state index is -5.07. The number of esters is 2. The molecule has 200 valence electrons. The number of carbonyl (C=O) groups excluding carboxylic acids is 2. The van der Waals surface area contributed by atoms with Crippen molar-refractivity contribution in [2.75, 3.05) is 13.2 Å². The first kappa shape index (κ1) is 30.9. The fourth-order valence-corrected chi connectivity index (χ4v) is 4.04. The van der Waals surface area contributed by atoms with Gasteiger partial charge in [-0.15, -0.1) is 0 Å². The van der Waals surface area contributed by atoms with Crippen LogP contribution in [0.5, 0.6) is 0 Å². The SMILES string of the molecule is [CH2-]CCCCCC(=O)OC[C@H](COP(=O)(O)OC1[C@@H](O)[C@H](O)C(O)[C@@H](O)[C@H]1O)OC(=O)CC[CH2-]. The lowest BCUT2D eigenvalue weighted by molar-refractivity contribution is -0.220. The number of carbonyl (C=O) groups is 2. The van der Waals surface area contributed by atoms with Crippen molar-refractivity contribution in [3.63, 3.8) is 0 Å². The van der Waals surface area contributed by atoms with Crippen LogP contribution in [-0.4, -0.2) is 98.3 Å². The lowest BCUT2D eigenvalue weighted by Crippen LogP contribution is -2.64. The maximum atomic E-state index is 12.3. The molecule has 0 bridgehead atoms. The van der Waals surface area contributed by atoms with Crippen LogP contribution in [0, 0.1) is 13.8 Å². The second kappa shape index (κ2) is 15.1. The molecule has 1 saturated carbocycles. The molecule has 0 aromatic rings. The van der Waals surface area contributed by atoms with Gasteiger partial charge >= 0.3 is 19.8 Å². The number of unbranched alkanes of at least 4 members (excludes halogenated alkanes) is 3. The Kier molecular flexibility index (Phi) is 13.7. The minimum absolute atomic E-state index is 0.0681. The molecular formula is C20H35O13P-2. The van der Waals surface area contributed by atoms with Crippen LogP contribution in [0.3, 0.4) is 0 Å². The third-order valence-corrected chi connectivity index (χ3v) is 5.98. The molecular weight excluding hydrogens is 479 g/mol. The lowest BCUT2D eigenvalue weighted by Gasteiger charge is -2.41. The summed E-state index contributed by atoms with van der Waals surface area (Å²) in [6, 6.07) is 0. The molecule has 0 heterocycles. The zero-order chi connectivity index (χ0) is 25.9. The summed E-state index contributed by atoms with van der Waals surface area (Å²) >= 11 is 0. The van der Waals surface area contributed by atoms with Crippen LogP contribution in [0.15, 0.2) is 0 Å². The summed E-state index contributed by atoms with van der Waals surface area (Å²) in [5.41, 5.74) is 0. The van der Waals surface area contributed by atoms with Gasteiger partial charge in [-0.05, 0) is 6.42 Å². The van der Waals surface area contributed by atoms with Crippen LogP contribution in [0.1, 0.15) is 44.9 Å². The molecule has 0 aromatic carbocycles. The van der Waals surface area contributed by atoms with E-state index in [0.29, 0.717) is 6.42 Å². The van der Waals surface area contributed by atoms with Crippen LogP contribution in [-0.2, 0) is 32.7 Å². The van der Waals surface area contributed by atoms with Gasteiger partial charge in [0.15, 0.2) is 6.10 Å². The number of hydrogen-bond acceptors (Lipinski definition) is 12. The van der Waals surface area contributed by atoms with E-state index < -0.39 is 75.7 Å². The molecule has 3 unspecified atom stereocenters. The number of ether oxygens (including phenoxy) is 2. The van der Waals surface area contributed by atoms with Gasteiger partial charge in [-0.2, -0.15) is 12.8 Å². The Morgan fingerprint density at radius 2 is 1.38 bits per heavy atom. The summed E-state index contributed by atoms with van der Waals surface area (Å²) < 4.78 is 31.9. The second-order valence-electron chi connectivity index (χ2n) is 7.85. The third kappa shape index (κ3) is 10.2. The van der Waals surface area contributed by atoms with E-state index in [1.165, 1.54) is 0 Å². The highest BCUT2D eigenvalue weighted by Crippen LogP contribution is 2.47. The highest BCUT2D eigenvalue weighted by molar-refractivity contribution is 7.47. The van der Waals surface area contributed by atoms with E-state index in [-0.39, 0.29) is 19.3 Å². The van der Waals surface area contributed by atoms with Crippen LogP contribution >= 0.6 is 7.82 Å². The van der Waals surface area contributed by atoms with E-state index in [0.717, 1.165) is 19.3 Å². The molecule has 1 fully saturated rings. The van der Waals surface area contributed by atoms with E-state index in [1.54, 1.807) is 0 Å². The molecule has 0 aliphatic heterocycles. The molecule has 0 aromatic heterocycles. The van der Waals surface area contributed by atoms with Gasteiger partial charge in [0, 0.05) is 12.8 Å². The van der Waals surface area contributed by atoms with Crippen molar-refractivity contribution in [2.24, 2.45) is 0 Å². The molecule has 0 spiro atoms. The molecule has 0 saturated heterocycles. The van der Waals surface area contributed by atoms with E-state index in [1.807, 2.05) is 0 Å². The highest BCUT2D eigenvalue weighted by atomic mass is 31.2. The first-order valence-corrected chi connectivity index (χ1v) is 12.4. The van der Waals surface area contributed by atoms with Gasteiger partial charge in [-0.25, -0.2) is 4.57 Å². The first-order valence-electron chi connectivity index (χ1n) is 10.9. The topological polar surface area (TPSA) is 210 Å². The molecule has 34 heavy (non-hydrogen) atoms. The van der Waals surface area contributed by atoms with E-state index in [9.17, 15) is 44.6 Å². The Balaban J connectivity index is 2.70. The Morgan fingerprint density at radius 3 is 1.94 bits per heavy atom. The average Bonchev–Trinajstić information content (AvgIpc) is 2.79. The summed E-state index contributed by atoms with van der Waals surface area (Å²) in [6.07, 6.45) is -9.99. The van der Waals surface area contributed by atoms with Crippen molar-refractivity contribution in [2.45, 2.75) is 87.7 Å². The van der Waals surface area contributed by atoms with Crippen molar-refractivity contribution < 1.29 is 63.1 Å². The Morgan fingerprint density at radius 1 is 0.794 bits per heavy atom. The summed E-state index contributed by atoms with van der Waals surface area (Å²) in [6.45, 7) is 5.96. The predicted molar refractivity (Wildman–Crippen MR) is 115 cm³/mol. The molecule has 14 heteroatoms. The largest absolute Gasteiger partial charge is 0.472 e. The summed E-state index contributed by atoms with van der Waals surface area (Å²) in [5.74, 6) is -1.29. The van der Waals surface area contributed by atoms with Gasteiger partial charge in [-0.1, -0.05) is 12.8 Å². The fourth-order valence-electron chi connectivity index (χ4n) is 3.07. The smallest absolute Gasteiger partial charge is 0.462 e. The third-order valence-electron chi connectivity index (χ3n) is 4.99. The highest BCUT2D eigenvalue weighted by Gasteiger charge is 2.51. The molecule has 8 atom stereocenters. The standard InChI is InChI=1S/C20H35O13P/c1-3-5-6-7-9-13(21)30-10-12(32-14(22)8-4-2)11-31-34(28,29)33-20-18(26)16(24)15(23)17(25)19(20)27/h12,15-20,23-27H,1-11H2,(H,28,29)/q-2/t12-,15?,16-,17-,18-,19+,20?/m1/s1. The number of hydrogen-bond donors (Lipinski definition) is 6. The lowest BCUT2D eigenvalue weighted by atomic mass is 9.85. The number of phosphoric ester groups is 1. The van der Waals surface area contributed by atoms with E-state index in [2.05, 4.69) is 13.8 Å². The summed E-state index contributed by atoms with van der Waals surface area (Å²) in [7, 11) is -5.07. The Labute approximate surface area is 198 Å².